The van der Waals surface area contributed by atoms with Gasteiger partial charge in [-0.15, -0.1) is 0 Å². The molecule has 0 saturated heterocycles. The Bertz CT molecular complexity index is 1310. The van der Waals surface area contributed by atoms with Gasteiger partial charge in [-0.1, -0.05) is 0 Å². The number of aromatic hydroxyl groups is 1. The van der Waals surface area contributed by atoms with Crippen LogP contribution in [0.5, 0.6) is 28.7 Å². The summed E-state index contributed by atoms with van der Waals surface area (Å²) in [5.74, 6) is 2.25. The lowest BCUT2D eigenvalue weighted by Crippen LogP contribution is -2.08. The molecule has 0 aliphatic rings. The Balaban J connectivity index is 2.08. The third kappa shape index (κ3) is 3.58. The van der Waals surface area contributed by atoms with Crippen molar-refractivity contribution in [2.24, 2.45) is 0 Å². The largest absolute Gasteiger partial charge is 0.508 e. The molecule has 0 bridgehead atoms. The molecule has 7 nitrogen and oxygen atoms in total. The fourth-order valence-electron chi connectivity index (χ4n) is 3.62. The Hall–Kier alpha value is -4.13. The Kier molecular flexibility index (Phi) is 5.64. The van der Waals surface area contributed by atoms with Crippen molar-refractivity contribution < 1.29 is 28.5 Å². The van der Waals surface area contributed by atoms with Crippen LogP contribution in [-0.2, 0) is 0 Å². The lowest BCUT2D eigenvalue weighted by Gasteiger charge is -2.16. The van der Waals surface area contributed by atoms with Gasteiger partial charge in [0.15, 0.2) is 11.5 Å². The zero-order valence-corrected chi connectivity index (χ0v) is 18.1. The van der Waals surface area contributed by atoms with Crippen molar-refractivity contribution in [3.8, 4) is 51.2 Å². The van der Waals surface area contributed by atoms with Crippen LogP contribution in [0.1, 0.15) is 0 Å². The van der Waals surface area contributed by atoms with Gasteiger partial charge in [-0.05, 0) is 54.1 Å². The van der Waals surface area contributed by atoms with Gasteiger partial charge in [-0.2, -0.15) is 0 Å². The van der Waals surface area contributed by atoms with Crippen molar-refractivity contribution in [2.75, 3.05) is 28.4 Å². The van der Waals surface area contributed by atoms with E-state index in [1.165, 1.54) is 39.5 Å². The van der Waals surface area contributed by atoms with Gasteiger partial charge in [-0.3, -0.25) is 4.79 Å². The summed E-state index contributed by atoms with van der Waals surface area (Å²) in [6, 6.07) is 15.0. The first-order valence-corrected chi connectivity index (χ1v) is 9.75. The molecule has 0 aliphatic carbocycles. The molecule has 4 aromatic rings. The number of hydrogen-bond donors (Lipinski definition) is 1. The third-order valence-electron chi connectivity index (χ3n) is 5.18. The van der Waals surface area contributed by atoms with Crippen LogP contribution in [0.3, 0.4) is 0 Å². The first kappa shape index (κ1) is 21.1. The maximum absolute atomic E-state index is 13.6. The average molecular weight is 434 g/mol. The van der Waals surface area contributed by atoms with Crippen LogP contribution < -0.4 is 24.4 Å². The number of ether oxygens (including phenoxy) is 4. The molecule has 1 aromatic heterocycles. The van der Waals surface area contributed by atoms with Crippen LogP contribution in [-0.4, -0.2) is 33.5 Å². The Morgan fingerprint density at radius 2 is 1.41 bits per heavy atom. The maximum atomic E-state index is 13.6. The molecule has 164 valence electrons. The van der Waals surface area contributed by atoms with E-state index in [-0.39, 0.29) is 16.8 Å². The number of hydrogen-bond acceptors (Lipinski definition) is 7. The summed E-state index contributed by atoms with van der Waals surface area (Å²) in [5.41, 5.74) is 1.54. The molecule has 0 unspecified atom stereocenters. The maximum Gasteiger partial charge on any atom is 0.203 e. The van der Waals surface area contributed by atoms with Crippen molar-refractivity contribution in [3.63, 3.8) is 0 Å². The van der Waals surface area contributed by atoms with Crippen molar-refractivity contribution in [1.82, 2.24) is 0 Å². The minimum Gasteiger partial charge on any atom is -0.508 e. The molecular weight excluding hydrogens is 412 g/mol. The van der Waals surface area contributed by atoms with Crippen LogP contribution in [0.15, 0.2) is 63.8 Å². The number of phenols is 1. The minimum absolute atomic E-state index is 0.00173. The summed E-state index contributed by atoms with van der Waals surface area (Å²) in [5, 5.41) is 10.2. The molecule has 0 fully saturated rings. The van der Waals surface area contributed by atoms with Gasteiger partial charge in [0.2, 0.25) is 11.2 Å². The highest BCUT2D eigenvalue weighted by molar-refractivity contribution is 5.90. The Morgan fingerprint density at radius 1 is 0.750 bits per heavy atom. The smallest absolute Gasteiger partial charge is 0.203 e. The molecule has 1 N–H and O–H groups in total. The predicted molar refractivity (Wildman–Crippen MR) is 121 cm³/mol. The number of methoxy groups -OCH3 is 4. The van der Waals surface area contributed by atoms with E-state index in [4.69, 9.17) is 23.4 Å². The van der Waals surface area contributed by atoms with E-state index in [1.807, 2.05) is 0 Å². The second-order valence-electron chi connectivity index (χ2n) is 6.96. The predicted octanol–water partition coefficient (Wildman–Crippen LogP) is 4.87. The normalized spacial score (nSPS) is 10.8. The summed E-state index contributed by atoms with van der Waals surface area (Å²) in [6.45, 7) is 0. The highest BCUT2D eigenvalue weighted by Crippen LogP contribution is 2.43. The molecule has 0 saturated carbocycles. The summed E-state index contributed by atoms with van der Waals surface area (Å²) in [6.07, 6.45) is 0. The van der Waals surface area contributed by atoms with E-state index in [2.05, 4.69) is 0 Å². The summed E-state index contributed by atoms with van der Waals surface area (Å²) in [7, 11) is 6.11. The second-order valence-corrected chi connectivity index (χ2v) is 6.96. The van der Waals surface area contributed by atoms with E-state index in [0.29, 0.717) is 50.8 Å². The van der Waals surface area contributed by atoms with Crippen LogP contribution in [0.2, 0.25) is 0 Å². The number of phenolic OH excluding ortho intramolecular Hbond substituents is 1. The van der Waals surface area contributed by atoms with Crippen molar-refractivity contribution in [1.29, 1.82) is 0 Å². The fourth-order valence-corrected chi connectivity index (χ4v) is 3.62. The van der Waals surface area contributed by atoms with Gasteiger partial charge in [0.05, 0.1) is 39.4 Å². The SMILES string of the molecule is COc1ccc(-c2oc3cc(O)ccc3c(=O)c2-c2cc(OC)c(OC)c(OC)c2)cc1. The lowest BCUT2D eigenvalue weighted by atomic mass is 9.97. The summed E-state index contributed by atoms with van der Waals surface area (Å²) < 4.78 is 27.8. The molecule has 0 aliphatic heterocycles. The summed E-state index contributed by atoms with van der Waals surface area (Å²) in [4.78, 5) is 13.6. The standard InChI is InChI=1S/C25H22O7/c1-28-17-8-5-14(6-9-17)24-22(23(27)18-10-7-16(26)13-19(18)32-24)15-11-20(29-2)25(31-4)21(12-15)30-3/h5-13,26H,1-4H3. The Morgan fingerprint density at radius 3 is 1.97 bits per heavy atom. The fraction of sp³-hybridized carbons (Fsp3) is 0.160. The number of benzene rings is 3. The molecule has 1 heterocycles. The molecule has 3 aromatic carbocycles. The number of rotatable bonds is 6. The first-order chi connectivity index (χ1) is 15.5. The quantitative estimate of drug-likeness (QED) is 0.463. The first-order valence-electron chi connectivity index (χ1n) is 9.75. The molecule has 7 heteroatoms. The monoisotopic (exact) mass is 434 g/mol. The van der Waals surface area contributed by atoms with Gasteiger partial charge in [0.1, 0.15) is 22.8 Å². The molecule has 0 atom stereocenters. The minimum atomic E-state index is -0.258. The van der Waals surface area contributed by atoms with E-state index in [1.54, 1.807) is 43.5 Å². The third-order valence-corrected chi connectivity index (χ3v) is 5.18. The van der Waals surface area contributed by atoms with Gasteiger partial charge in [0.25, 0.3) is 0 Å². The molecule has 0 radical (unpaired) electrons. The summed E-state index contributed by atoms with van der Waals surface area (Å²) >= 11 is 0. The molecule has 32 heavy (non-hydrogen) atoms. The van der Waals surface area contributed by atoms with Gasteiger partial charge >= 0.3 is 0 Å². The van der Waals surface area contributed by atoms with E-state index >= 15 is 0 Å². The zero-order valence-electron chi connectivity index (χ0n) is 18.1. The molecule has 0 spiro atoms. The van der Waals surface area contributed by atoms with E-state index in [9.17, 15) is 9.90 Å². The topological polar surface area (TPSA) is 87.4 Å². The van der Waals surface area contributed by atoms with Crippen molar-refractivity contribution in [3.05, 3.63) is 64.8 Å². The van der Waals surface area contributed by atoms with Gasteiger partial charge in [0, 0.05) is 11.6 Å². The van der Waals surface area contributed by atoms with Gasteiger partial charge in [-0.25, -0.2) is 0 Å². The van der Waals surface area contributed by atoms with Crippen LogP contribution in [0.4, 0.5) is 0 Å². The zero-order chi connectivity index (χ0) is 22.8. The van der Waals surface area contributed by atoms with Crippen molar-refractivity contribution >= 4 is 11.0 Å². The molecule has 4 rings (SSSR count). The van der Waals surface area contributed by atoms with E-state index < -0.39 is 0 Å². The highest BCUT2D eigenvalue weighted by atomic mass is 16.5. The lowest BCUT2D eigenvalue weighted by molar-refractivity contribution is 0.324. The average Bonchev–Trinajstić information content (AvgIpc) is 2.82. The molecular formula is C25H22O7. The van der Waals surface area contributed by atoms with Crippen LogP contribution >= 0.6 is 0 Å². The number of fused-ring (bicyclic) bond motifs is 1. The van der Waals surface area contributed by atoms with Crippen LogP contribution in [0.25, 0.3) is 33.4 Å². The van der Waals surface area contributed by atoms with E-state index in [0.717, 1.165) is 0 Å². The van der Waals surface area contributed by atoms with Crippen molar-refractivity contribution in [2.45, 2.75) is 0 Å². The van der Waals surface area contributed by atoms with Gasteiger partial charge < -0.3 is 28.5 Å². The highest BCUT2D eigenvalue weighted by Gasteiger charge is 2.22. The molecule has 0 amide bonds. The second kappa shape index (κ2) is 8.55. The van der Waals surface area contributed by atoms with Crippen LogP contribution in [0, 0.1) is 0 Å². The Labute approximate surface area is 184 Å².